The lowest BCUT2D eigenvalue weighted by atomic mass is 9.90. The highest BCUT2D eigenvalue weighted by atomic mass is 35.5. The fourth-order valence-corrected chi connectivity index (χ4v) is 2.83. The molecule has 0 aliphatic carbocycles. The Hall–Kier alpha value is -0.580. The first kappa shape index (κ1) is 14.5. The summed E-state index contributed by atoms with van der Waals surface area (Å²) in [7, 11) is -3.08. The van der Waals surface area contributed by atoms with Gasteiger partial charge in [-0.15, -0.1) is 12.4 Å². The normalized spacial score (nSPS) is 17.5. The molecule has 1 fully saturated rings. The van der Waals surface area contributed by atoms with Crippen molar-refractivity contribution in [2.24, 2.45) is 0 Å². The SMILES string of the molecule is CS(=O)(=O)c1cccc(C2CCNCC2)c1.Cl. The second kappa shape index (κ2) is 5.85. The van der Waals surface area contributed by atoms with Gasteiger partial charge in [0.25, 0.3) is 0 Å². The van der Waals surface area contributed by atoms with Gasteiger partial charge in [0.15, 0.2) is 9.84 Å². The second-order valence-corrected chi connectivity index (χ2v) is 6.38. The number of hydrogen-bond acceptors (Lipinski definition) is 3. The van der Waals surface area contributed by atoms with Crippen molar-refractivity contribution in [2.75, 3.05) is 19.3 Å². The van der Waals surface area contributed by atoms with Crippen LogP contribution in [0.2, 0.25) is 0 Å². The third-order valence-electron chi connectivity index (χ3n) is 3.10. The molecule has 0 spiro atoms. The van der Waals surface area contributed by atoms with Gasteiger partial charge in [-0.05, 0) is 49.5 Å². The van der Waals surface area contributed by atoms with Crippen LogP contribution in [0.15, 0.2) is 29.2 Å². The minimum atomic E-state index is -3.08. The van der Waals surface area contributed by atoms with Crippen LogP contribution in [-0.2, 0) is 9.84 Å². The van der Waals surface area contributed by atoms with E-state index in [0.717, 1.165) is 31.5 Å². The van der Waals surface area contributed by atoms with Crippen molar-refractivity contribution in [3.63, 3.8) is 0 Å². The van der Waals surface area contributed by atoms with Crippen LogP contribution in [0.5, 0.6) is 0 Å². The van der Waals surface area contributed by atoms with Gasteiger partial charge in [-0.25, -0.2) is 8.42 Å². The summed E-state index contributed by atoms with van der Waals surface area (Å²) in [6.07, 6.45) is 3.44. The molecule has 5 heteroatoms. The summed E-state index contributed by atoms with van der Waals surface area (Å²) < 4.78 is 22.9. The molecule has 2 rings (SSSR count). The quantitative estimate of drug-likeness (QED) is 0.898. The average Bonchev–Trinajstić information content (AvgIpc) is 2.29. The molecule has 17 heavy (non-hydrogen) atoms. The highest BCUT2D eigenvalue weighted by molar-refractivity contribution is 7.90. The topological polar surface area (TPSA) is 46.2 Å². The minimum absolute atomic E-state index is 0. The molecule has 96 valence electrons. The Labute approximate surface area is 109 Å². The molecule has 3 nitrogen and oxygen atoms in total. The van der Waals surface area contributed by atoms with Gasteiger partial charge in [0, 0.05) is 6.26 Å². The number of rotatable bonds is 2. The fourth-order valence-electron chi connectivity index (χ4n) is 2.15. The van der Waals surface area contributed by atoms with Gasteiger partial charge in [0.05, 0.1) is 4.90 Å². The van der Waals surface area contributed by atoms with Crippen molar-refractivity contribution in [3.8, 4) is 0 Å². The van der Waals surface area contributed by atoms with Crippen LogP contribution in [0.1, 0.15) is 24.3 Å². The first-order chi connectivity index (χ1) is 7.57. The molecule has 0 saturated carbocycles. The van der Waals surface area contributed by atoms with Gasteiger partial charge in [-0.1, -0.05) is 12.1 Å². The maximum Gasteiger partial charge on any atom is 0.175 e. The molecule has 0 radical (unpaired) electrons. The minimum Gasteiger partial charge on any atom is -0.317 e. The molecule has 0 atom stereocenters. The predicted molar refractivity (Wildman–Crippen MR) is 71.6 cm³/mol. The van der Waals surface area contributed by atoms with E-state index in [0.29, 0.717) is 10.8 Å². The van der Waals surface area contributed by atoms with Crippen LogP contribution < -0.4 is 5.32 Å². The zero-order valence-corrected chi connectivity index (χ0v) is 11.5. The highest BCUT2D eigenvalue weighted by Crippen LogP contribution is 2.26. The van der Waals surface area contributed by atoms with Gasteiger partial charge in [-0.3, -0.25) is 0 Å². The van der Waals surface area contributed by atoms with Crippen LogP contribution in [0, 0.1) is 0 Å². The Morgan fingerprint density at radius 1 is 1.24 bits per heavy atom. The van der Waals surface area contributed by atoms with Crippen molar-refractivity contribution >= 4 is 22.2 Å². The Bertz CT molecular complexity index is 467. The monoisotopic (exact) mass is 275 g/mol. The summed E-state index contributed by atoms with van der Waals surface area (Å²) in [5.74, 6) is 0.503. The number of benzene rings is 1. The standard InChI is InChI=1S/C12H17NO2S.ClH/c1-16(14,15)12-4-2-3-11(9-12)10-5-7-13-8-6-10;/h2-4,9-10,13H,5-8H2,1H3;1H. The number of nitrogens with one attached hydrogen (secondary N) is 1. The maximum absolute atomic E-state index is 11.5. The molecule has 0 aromatic heterocycles. The molecule has 1 heterocycles. The van der Waals surface area contributed by atoms with E-state index >= 15 is 0 Å². The van der Waals surface area contributed by atoms with Gasteiger partial charge in [0.1, 0.15) is 0 Å². The number of hydrogen-bond donors (Lipinski definition) is 1. The lowest BCUT2D eigenvalue weighted by molar-refractivity contribution is 0.460. The largest absolute Gasteiger partial charge is 0.317 e. The molecular formula is C12H18ClNO2S. The lowest BCUT2D eigenvalue weighted by Gasteiger charge is -2.23. The molecule has 1 saturated heterocycles. The third kappa shape index (κ3) is 3.69. The van der Waals surface area contributed by atoms with Gasteiger partial charge in [0.2, 0.25) is 0 Å². The van der Waals surface area contributed by atoms with E-state index in [4.69, 9.17) is 0 Å². The van der Waals surface area contributed by atoms with Gasteiger partial charge < -0.3 is 5.32 Å². The van der Waals surface area contributed by atoms with Gasteiger partial charge >= 0.3 is 0 Å². The number of piperidine rings is 1. The van der Waals surface area contributed by atoms with E-state index in [1.807, 2.05) is 18.2 Å². The van der Waals surface area contributed by atoms with Crippen molar-refractivity contribution in [3.05, 3.63) is 29.8 Å². The van der Waals surface area contributed by atoms with Crippen LogP contribution in [-0.4, -0.2) is 27.8 Å². The first-order valence-electron chi connectivity index (χ1n) is 5.58. The van der Waals surface area contributed by atoms with Crippen molar-refractivity contribution in [2.45, 2.75) is 23.7 Å². The molecule has 1 aromatic carbocycles. The van der Waals surface area contributed by atoms with E-state index in [2.05, 4.69) is 5.32 Å². The summed E-state index contributed by atoms with van der Waals surface area (Å²) in [4.78, 5) is 0.434. The smallest absolute Gasteiger partial charge is 0.175 e. The number of halogens is 1. The molecule has 0 bridgehead atoms. The molecule has 1 aromatic rings. The van der Waals surface area contributed by atoms with E-state index in [9.17, 15) is 8.42 Å². The Morgan fingerprint density at radius 3 is 2.47 bits per heavy atom. The fraction of sp³-hybridized carbons (Fsp3) is 0.500. The Morgan fingerprint density at radius 2 is 1.88 bits per heavy atom. The molecule has 1 aliphatic rings. The highest BCUT2D eigenvalue weighted by Gasteiger charge is 2.16. The number of sulfone groups is 1. The summed E-state index contributed by atoms with van der Waals surface area (Å²) in [5, 5.41) is 3.31. The van der Waals surface area contributed by atoms with Crippen LogP contribution in [0.3, 0.4) is 0 Å². The molecule has 1 aliphatic heterocycles. The van der Waals surface area contributed by atoms with E-state index in [-0.39, 0.29) is 12.4 Å². The maximum atomic E-state index is 11.5. The van der Waals surface area contributed by atoms with Crippen molar-refractivity contribution < 1.29 is 8.42 Å². The zero-order chi connectivity index (χ0) is 11.6. The second-order valence-electron chi connectivity index (χ2n) is 4.37. The Balaban J connectivity index is 0.00000144. The van der Waals surface area contributed by atoms with E-state index < -0.39 is 9.84 Å². The van der Waals surface area contributed by atoms with E-state index in [1.165, 1.54) is 6.26 Å². The third-order valence-corrected chi connectivity index (χ3v) is 4.21. The zero-order valence-electron chi connectivity index (χ0n) is 9.85. The Kier molecular flexibility index (Phi) is 4.98. The summed E-state index contributed by atoms with van der Waals surface area (Å²) in [6, 6.07) is 7.36. The van der Waals surface area contributed by atoms with Gasteiger partial charge in [-0.2, -0.15) is 0 Å². The predicted octanol–water partition coefficient (Wildman–Crippen LogP) is 1.98. The van der Waals surface area contributed by atoms with Crippen LogP contribution in [0.25, 0.3) is 0 Å². The molecule has 1 N–H and O–H groups in total. The summed E-state index contributed by atoms with van der Waals surface area (Å²) >= 11 is 0. The molecule has 0 amide bonds. The van der Waals surface area contributed by atoms with E-state index in [1.54, 1.807) is 6.07 Å². The molecule has 0 unspecified atom stereocenters. The molecular weight excluding hydrogens is 258 g/mol. The average molecular weight is 276 g/mol. The first-order valence-corrected chi connectivity index (χ1v) is 7.47. The van der Waals surface area contributed by atoms with Crippen LogP contribution >= 0.6 is 12.4 Å². The van der Waals surface area contributed by atoms with Crippen molar-refractivity contribution in [1.29, 1.82) is 0 Å². The lowest BCUT2D eigenvalue weighted by Crippen LogP contribution is -2.26. The van der Waals surface area contributed by atoms with Crippen LogP contribution in [0.4, 0.5) is 0 Å². The summed E-state index contributed by atoms with van der Waals surface area (Å²) in [6.45, 7) is 2.04. The van der Waals surface area contributed by atoms with Crippen molar-refractivity contribution in [1.82, 2.24) is 5.32 Å². The summed E-state index contributed by atoms with van der Waals surface area (Å²) in [5.41, 5.74) is 1.16.